The van der Waals surface area contributed by atoms with Gasteiger partial charge in [0.1, 0.15) is 0 Å². The smallest absolute Gasteiger partial charge is 0.252 e. The van der Waals surface area contributed by atoms with E-state index in [1.54, 1.807) is 0 Å². The molecule has 1 amide bonds. The number of aromatic nitrogens is 1. The summed E-state index contributed by atoms with van der Waals surface area (Å²) in [5.74, 6) is 0.587. The zero-order valence-corrected chi connectivity index (χ0v) is 15.7. The highest BCUT2D eigenvalue weighted by Crippen LogP contribution is 2.40. The summed E-state index contributed by atoms with van der Waals surface area (Å²) in [6.07, 6.45) is 7.37. The van der Waals surface area contributed by atoms with E-state index in [0.717, 1.165) is 41.7 Å². The lowest BCUT2D eigenvalue weighted by Crippen LogP contribution is -2.39. The molecule has 0 radical (unpaired) electrons. The van der Waals surface area contributed by atoms with Gasteiger partial charge in [0.2, 0.25) is 0 Å². The monoisotopic (exact) mass is 351 g/mol. The molecular formula is C22H29N3O. The number of carbonyl (C=O) groups is 1. The largest absolute Gasteiger partial charge is 0.352 e. The Labute approximate surface area is 156 Å². The highest BCUT2D eigenvalue weighted by Gasteiger charge is 2.27. The van der Waals surface area contributed by atoms with Crippen LogP contribution in [0, 0.1) is 0 Å². The van der Waals surface area contributed by atoms with Crippen LogP contribution >= 0.6 is 0 Å². The van der Waals surface area contributed by atoms with Crippen molar-refractivity contribution in [1.29, 1.82) is 0 Å². The second-order valence-corrected chi connectivity index (χ2v) is 7.88. The molecule has 2 aliphatic rings. The first-order valence-corrected chi connectivity index (χ1v) is 10.1. The topological polar surface area (TPSA) is 45.2 Å². The first-order chi connectivity index (χ1) is 12.7. The number of para-hydroxylation sites is 1. The molecule has 0 unspecified atom stereocenters. The maximum atomic E-state index is 12.8. The molecule has 138 valence electrons. The Morgan fingerprint density at radius 3 is 2.88 bits per heavy atom. The standard InChI is InChI=1S/C22H29N3O/c1-16-7-4-5-13-25(16)14-6-12-23-22(26)19-15-21(17-10-11-17)24-20-9-3-2-8-18(19)20/h2-3,8-9,15-17H,4-7,10-14H2,1H3,(H,23,26)/t16-/m0/s1. The van der Waals surface area contributed by atoms with Crippen LogP contribution in [0.15, 0.2) is 30.3 Å². The van der Waals surface area contributed by atoms with Gasteiger partial charge in [-0.15, -0.1) is 0 Å². The molecule has 1 aromatic carbocycles. The summed E-state index contributed by atoms with van der Waals surface area (Å²) in [4.78, 5) is 20.1. The Morgan fingerprint density at radius 1 is 1.23 bits per heavy atom. The van der Waals surface area contributed by atoms with Gasteiger partial charge in [-0.05, 0) is 57.7 Å². The molecule has 1 saturated heterocycles. The number of carbonyl (C=O) groups excluding carboxylic acids is 1. The normalized spacial score (nSPS) is 21.0. The number of benzene rings is 1. The van der Waals surface area contributed by atoms with Crippen LogP contribution in [0.1, 0.15) is 67.4 Å². The van der Waals surface area contributed by atoms with Gasteiger partial charge in [-0.1, -0.05) is 24.6 Å². The minimum Gasteiger partial charge on any atom is -0.352 e. The number of fused-ring (bicyclic) bond motifs is 1. The van der Waals surface area contributed by atoms with Crippen molar-refractivity contribution in [2.45, 2.75) is 57.4 Å². The predicted octanol–water partition coefficient (Wildman–Crippen LogP) is 4.11. The fourth-order valence-corrected chi connectivity index (χ4v) is 4.04. The van der Waals surface area contributed by atoms with E-state index in [0.29, 0.717) is 12.0 Å². The molecule has 1 aliphatic carbocycles. The van der Waals surface area contributed by atoms with Crippen LogP contribution in [0.5, 0.6) is 0 Å². The van der Waals surface area contributed by atoms with Crippen molar-refractivity contribution < 1.29 is 4.79 Å². The van der Waals surface area contributed by atoms with Crippen LogP contribution in [-0.2, 0) is 0 Å². The zero-order valence-electron chi connectivity index (χ0n) is 15.7. The van der Waals surface area contributed by atoms with Crippen molar-refractivity contribution >= 4 is 16.8 Å². The SMILES string of the molecule is C[C@H]1CCCCN1CCCNC(=O)c1cc(C2CC2)nc2ccccc12. The maximum Gasteiger partial charge on any atom is 0.252 e. The van der Waals surface area contributed by atoms with E-state index in [2.05, 4.69) is 17.1 Å². The van der Waals surface area contributed by atoms with Crippen LogP contribution in [0.4, 0.5) is 0 Å². The number of likely N-dealkylation sites (tertiary alicyclic amines) is 1. The summed E-state index contributed by atoms with van der Waals surface area (Å²) >= 11 is 0. The lowest BCUT2D eigenvalue weighted by atomic mass is 10.0. The van der Waals surface area contributed by atoms with Crippen molar-refractivity contribution in [3.63, 3.8) is 0 Å². The van der Waals surface area contributed by atoms with E-state index < -0.39 is 0 Å². The van der Waals surface area contributed by atoms with E-state index in [1.807, 2.05) is 30.3 Å². The summed E-state index contributed by atoms with van der Waals surface area (Å²) in [5, 5.41) is 4.10. The van der Waals surface area contributed by atoms with Crippen LogP contribution in [0.3, 0.4) is 0 Å². The second kappa shape index (κ2) is 7.75. The van der Waals surface area contributed by atoms with Crippen molar-refractivity contribution in [3.8, 4) is 0 Å². The molecule has 1 atom stereocenters. The van der Waals surface area contributed by atoms with Crippen molar-refractivity contribution in [1.82, 2.24) is 15.2 Å². The summed E-state index contributed by atoms with van der Waals surface area (Å²) < 4.78 is 0. The van der Waals surface area contributed by atoms with Crippen LogP contribution in [0.2, 0.25) is 0 Å². The molecule has 4 rings (SSSR count). The van der Waals surface area contributed by atoms with E-state index in [9.17, 15) is 4.79 Å². The fourth-order valence-electron chi connectivity index (χ4n) is 4.04. The summed E-state index contributed by atoms with van der Waals surface area (Å²) in [7, 11) is 0. The fraction of sp³-hybridized carbons (Fsp3) is 0.545. The molecule has 2 aromatic rings. The van der Waals surface area contributed by atoms with Crippen LogP contribution < -0.4 is 5.32 Å². The number of pyridine rings is 1. The molecule has 1 N–H and O–H groups in total. The average Bonchev–Trinajstić information content (AvgIpc) is 3.51. The number of rotatable bonds is 6. The number of nitrogens with one attached hydrogen (secondary N) is 1. The Morgan fingerprint density at radius 2 is 2.08 bits per heavy atom. The zero-order chi connectivity index (χ0) is 17.9. The van der Waals surface area contributed by atoms with E-state index in [1.165, 1.54) is 38.6 Å². The Balaban J connectivity index is 1.39. The number of nitrogens with zero attached hydrogens (tertiary/aromatic N) is 2. The maximum absolute atomic E-state index is 12.8. The lowest BCUT2D eigenvalue weighted by Gasteiger charge is -2.33. The van der Waals surface area contributed by atoms with Crippen molar-refractivity contribution in [2.75, 3.05) is 19.6 Å². The molecule has 1 aromatic heterocycles. The van der Waals surface area contributed by atoms with Crippen LogP contribution in [0.25, 0.3) is 10.9 Å². The van der Waals surface area contributed by atoms with Gasteiger partial charge in [-0.2, -0.15) is 0 Å². The Hall–Kier alpha value is -1.94. The molecule has 1 aliphatic heterocycles. The number of hydrogen-bond acceptors (Lipinski definition) is 3. The van der Waals surface area contributed by atoms with E-state index >= 15 is 0 Å². The highest BCUT2D eigenvalue weighted by molar-refractivity contribution is 6.06. The van der Waals surface area contributed by atoms with E-state index in [-0.39, 0.29) is 5.91 Å². The molecule has 1 saturated carbocycles. The molecule has 4 heteroatoms. The average molecular weight is 351 g/mol. The van der Waals surface area contributed by atoms with Crippen LogP contribution in [-0.4, -0.2) is 41.5 Å². The number of amides is 1. The molecular weight excluding hydrogens is 322 g/mol. The number of piperidine rings is 1. The third-order valence-corrected chi connectivity index (χ3v) is 5.82. The molecule has 0 spiro atoms. The quantitative estimate of drug-likeness (QED) is 0.797. The third kappa shape index (κ3) is 3.90. The summed E-state index contributed by atoms with van der Waals surface area (Å²) in [6.45, 7) is 5.33. The molecule has 0 bridgehead atoms. The van der Waals surface area contributed by atoms with Gasteiger partial charge in [-0.3, -0.25) is 9.78 Å². The molecule has 2 fully saturated rings. The molecule has 4 nitrogen and oxygen atoms in total. The van der Waals surface area contributed by atoms with Crippen molar-refractivity contribution in [2.24, 2.45) is 0 Å². The summed E-state index contributed by atoms with van der Waals surface area (Å²) in [5.41, 5.74) is 2.80. The van der Waals surface area contributed by atoms with Gasteiger partial charge in [0, 0.05) is 36.1 Å². The van der Waals surface area contributed by atoms with Gasteiger partial charge < -0.3 is 10.2 Å². The summed E-state index contributed by atoms with van der Waals surface area (Å²) in [6, 6.07) is 10.7. The number of hydrogen-bond donors (Lipinski definition) is 1. The third-order valence-electron chi connectivity index (χ3n) is 5.82. The van der Waals surface area contributed by atoms with E-state index in [4.69, 9.17) is 4.98 Å². The van der Waals surface area contributed by atoms with Gasteiger partial charge in [0.25, 0.3) is 5.91 Å². The second-order valence-electron chi connectivity index (χ2n) is 7.88. The molecule has 2 heterocycles. The highest BCUT2D eigenvalue weighted by atomic mass is 16.1. The molecule has 26 heavy (non-hydrogen) atoms. The van der Waals surface area contributed by atoms with Crippen molar-refractivity contribution in [3.05, 3.63) is 41.6 Å². The first kappa shape index (κ1) is 17.5. The minimum atomic E-state index is 0.0391. The van der Waals surface area contributed by atoms with Gasteiger partial charge in [0.15, 0.2) is 0 Å². The van der Waals surface area contributed by atoms with Gasteiger partial charge in [-0.25, -0.2) is 0 Å². The Kier molecular flexibility index (Phi) is 5.21. The van der Waals surface area contributed by atoms with Gasteiger partial charge >= 0.3 is 0 Å². The lowest BCUT2D eigenvalue weighted by molar-refractivity contribution is 0.0950. The minimum absolute atomic E-state index is 0.0391. The first-order valence-electron chi connectivity index (χ1n) is 10.1. The predicted molar refractivity (Wildman–Crippen MR) is 106 cm³/mol. The van der Waals surface area contributed by atoms with Gasteiger partial charge in [0.05, 0.1) is 11.1 Å². The Bertz CT molecular complexity index is 784.